The molecule has 1 aromatic carbocycles. The highest BCUT2D eigenvalue weighted by Crippen LogP contribution is 2.27. The third-order valence-corrected chi connectivity index (χ3v) is 4.59. The van der Waals surface area contributed by atoms with E-state index < -0.39 is 11.6 Å². The molecular formula is C16H24F2N2. The summed E-state index contributed by atoms with van der Waals surface area (Å²) in [5.74, 6) is -0.912. The number of rotatable bonds is 5. The van der Waals surface area contributed by atoms with Crippen molar-refractivity contribution in [1.29, 1.82) is 0 Å². The molecule has 0 aliphatic carbocycles. The summed E-state index contributed by atoms with van der Waals surface area (Å²) in [6.07, 6.45) is 2.76. The van der Waals surface area contributed by atoms with Crippen LogP contribution in [0.15, 0.2) is 18.2 Å². The molecule has 0 saturated carbocycles. The third kappa shape index (κ3) is 3.01. The summed E-state index contributed by atoms with van der Waals surface area (Å²) in [6, 6.07) is 4.07. The van der Waals surface area contributed by atoms with Crippen LogP contribution in [-0.2, 0) is 6.42 Å². The highest BCUT2D eigenvalue weighted by Gasteiger charge is 2.36. The summed E-state index contributed by atoms with van der Waals surface area (Å²) in [5.41, 5.74) is 0.0547. The van der Waals surface area contributed by atoms with E-state index in [4.69, 9.17) is 0 Å². The summed E-state index contributed by atoms with van der Waals surface area (Å²) in [6.45, 7) is 6.42. The first-order valence-corrected chi connectivity index (χ1v) is 7.32. The standard InChI is InChI=1S/C16H24F2N2/c1-16(2,20-9-4-5-10-20)15(19-3)11-12-13(17)7-6-8-14(12)18/h6-8,15,19H,4-5,9-11H2,1-3H3. The molecule has 0 amide bonds. The Morgan fingerprint density at radius 1 is 1.20 bits per heavy atom. The van der Waals surface area contributed by atoms with Crippen LogP contribution in [0.3, 0.4) is 0 Å². The number of hydrogen-bond donors (Lipinski definition) is 1. The van der Waals surface area contributed by atoms with Crippen molar-refractivity contribution in [2.45, 2.75) is 44.7 Å². The molecule has 1 fully saturated rings. The minimum absolute atomic E-state index is 0.00648. The van der Waals surface area contributed by atoms with Crippen molar-refractivity contribution >= 4 is 0 Å². The molecule has 4 heteroatoms. The summed E-state index contributed by atoms with van der Waals surface area (Å²) in [5, 5.41) is 3.25. The lowest BCUT2D eigenvalue weighted by molar-refractivity contribution is 0.109. The van der Waals surface area contributed by atoms with Crippen molar-refractivity contribution in [3.8, 4) is 0 Å². The van der Waals surface area contributed by atoms with Gasteiger partial charge in [0.05, 0.1) is 0 Å². The van der Waals surface area contributed by atoms with Gasteiger partial charge < -0.3 is 5.32 Å². The predicted octanol–water partition coefficient (Wildman–Crippen LogP) is 2.97. The van der Waals surface area contributed by atoms with Crippen LogP contribution in [0, 0.1) is 11.6 Å². The predicted molar refractivity (Wildman–Crippen MR) is 77.8 cm³/mol. The summed E-state index contributed by atoms with van der Waals surface area (Å²) in [4.78, 5) is 2.41. The van der Waals surface area contributed by atoms with E-state index in [9.17, 15) is 8.78 Å². The van der Waals surface area contributed by atoms with Gasteiger partial charge >= 0.3 is 0 Å². The van der Waals surface area contributed by atoms with E-state index in [0.717, 1.165) is 13.1 Å². The van der Waals surface area contributed by atoms with Gasteiger partial charge in [0.2, 0.25) is 0 Å². The number of likely N-dealkylation sites (N-methyl/N-ethyl adjacent to an activating group) is 1. The molecule has 2 rings (SSSR count). The lowest BCUT2D eigenvalue weighted by Gasteiger charge is -2.42. The van der Waals surface area contributed by atoms with Crippen molar-refractivity contribution in [3.05, 3.63) is 35.4 Å². The minimum Gasteiger partial charge on any atom is -0.315 e. The molecular weight excluding hydrogens is 258 g/mol. The zero-order chi connectivity index (χ0) is 14.8. The second kappa shape index (κ2) is 6.19. The maximum atomic E-state index is 13.8. The van der Waals surface area contributed by atoms with E-state index in [1.54, 1.807) is 0 Å². The molecule has 1 saturated heterocycles. The Morgan fingerprint density at radius 2 is 1.75 bits per heavy atom. The Morgan fingerprint density at radius 3 is 2.25 bits per heavy atom. The molecule has 1 aliphatic rings. The Labute approximate surface area is 120 Å². The Balaban J connectivity index is 2.20. The van der Waals surface area contributed by atoms with Gasteiger partial charge in [0.25, 0.3) is 0 Å². The molecule has 0 aromatic heterocycles. The van der Waals surface area contributed by atoms with Crippen molar-refractivity contribution in [3.63, 3.8) is 0 Å². The second-order valence-corrected chi connectivity index (χ2v) is 6.09. The molecule has 1 aliphatic heterocycles. The average Bonchev–Trinajstić information content (AvgIpc) is 2.92. The van der Waals surface area contributed by atoms with E-state index in [-0.39, 0.29) is 17.1 Å². The van der Waals surface area contributed by atoms with Crippen LogP contribution < -0.4 is 5.32 Å². The third-order valence-electron chi connectivity index (χ3n) is 4.59. The fourth-order valence-corrected chi connectivity index (χ4v) is 3.15. The molecule has 0 radical (unpaired) electrons. The number of benzene rings is 1. The van der Waals surface area contributed by atoms with Crippen molar-refractivity contribution in [1.82, 2.24) is 10.2 Å². The second-order valence-electron chi connectivity index (χ2n) is 6.09. The fraction of sp³-hybridized carbons (Fsp3) is 0.625. The number of likely N-dealkylation sites (tertiary alicyclic amines) is 1. The van der Waals surface area contributed by atoms with Crippen molar-refractivity contribution in [2.75, 3.05) is 20.1 Å². The highest BCUT2D eigenvalue weighted by atomic mass is 19.1. The van der Waals surface area contributed by atoms with Gasteiger partial charge in [-0.2, -0.15) is 0 Å². The SMILES string of the molecule is CNC(Cc1c(F)cccc1F)C(C)(C)N1CCCC1. The molecule has 1 aromatic rings. The molecule has 2 nitrogen and oxygen atoms in total. The molecule has 1 unspecified atom stereocenters. The van der Waals surface area contributed by atoms with Crippen LogP contribution in [-0.4, -0.2) is 36.6 Å². The lowest BCUT2D eigenvalue weighted by Crippen LogP contribution is -2.57. The van der Waals surface area contributed by atoms with Crippen LogP contribution in [0.4, 0.5) is 8.78 Å². The van der Waals surface area contributed by atoms with E-state index >= 15 is 0 Å². The highest BCUT2D eigenvalue weighted by molar-refractivity contribution is 5.22. The summed E-state index contributed by atoms with van der Waals surface area (Å²) >= 11 is 0. The Kier molecular flexibility index (Phi) is 4.76. The molecule has 1 atom stereocenters. The van der Waals surface area contributed by atoms with Gasteiger partial charge in [0.15, 0.2) is 0 Å². The largest absolute Gasteiger partial charge is 0.315 e. The maximum absolute atomic E-state index is 13.8. The van der Waals surface area contributed by atoms with Gasteiger partial charge in [-0.05, 0) is 65.4 Å². The van der Waals surface area contributed by atoms with Gasteiger partial charge in [-0.1, -0.05) is 6.07 Å². The Hall–Kier alpha value is -1.00. The van der Waals surface area contributed by atoms with Crippen LogP contribution in [0.2, 0.25) is 0 Å². The van der Waals surface area contributed by atoms with Gasteiger partial charge in [0, 0.05) is 17.1 Å². The topological polar surface area (TPSA) is 15.3 Å². The van der Waals surface area contributed by atoms with Crippen molar-refractivity contribution < 1.29 is 8.78 Å². The van der Waals surface area contributed by atoms with Crippen molar-refractivity contribution in [2.24, 2.45) is 0 Å². The minimum atomic E-state index is -0.456. The average molecular weight is 282 g/mol. The number of hydrogen-bond acceptors (Lipinski definition) is 2. The van der Waals surface area contributed by atoms with Crippen LogP contribution in [0.1, 0.15) is 32.3 Å². The quantitative estimate of drug-likeness (QED) is 0.893. The molecule has 0 bridgehead atoms. The van der Waals surface area contributed by atoms with Gasteiger partial charge in [-0.3, -0.25) is 4.90 Å². The van der Waals surface area contributed by atoms with E-state index in [1.165, 1.54) is 31.0 Å². The smallest absolute Gasteiger partial charge is 0.129 e. The Bertz CT molecular complexity index is 434. The van der Waals surface area contributed by atoms with Gasteiger partial charge in [-0.25, -0.2) is 8.78 Å². The first-order chi connectivity index (χ1) is 9.46. The summed E-state index contributed by atoms with van der Waals surface area (Å²) < 4.78 is 27.7. The number of halogens is 2. The van der Waals surface area contributed by atoms with Gasteiger partial charge in [0.1, 0.15) is 11.6 Å². The molecule has 1 N–H and O–H groups in total. The number of nitrogens with zero attached hydrogens (tertiary/aromatic N) is 1. The van der Waals surface area contributed by atoms with Gasteiger partial charge in [-0.15, -0.1) is 0 Å². The zero-order valence-corrected chi connectivity index (χ0v) is 12.5. The fourth-order valence-electron chi connectivity index (χ4n) is 3.15. The van der Waals surface area contributed by atoms with E-state index in [0.29, 0.717) is 6.42 Å². The first kappa shape index (κ1) is 15.4. The zero-order valence-electron chi connectivity index (χ0n) is 12.5. The maximum Gasteiger partial charge on any atom is 0.129 e. The van der Waals surface area contributed by atoms with E-state index in [2.05, 4.69) is 24.1 Å². The normalized spacial score (nSPS) is 18.4. The molecule has 112 valence electrons. The monoisotopic (exact) mass is 282 g/mol. The molecule has 20 heavy (non-hydrogen) atoms. The molecule has 0 spiro atoms. The van der Waals surface area contributed by atoms with E-state index in [1.807, 2.05) is 7.05 Å². The lowest BCUT2D eigenvalue weighted by atomic mass is 9.87. The summed E-state index contributed by atoms with van der Waals surface area (Å²) in [7, 11) is 1.86. The first-order valence-electron chi connectivity index (χ1n) is 7.32. The number of nitrogens with one attached hydrogen (secondary N) is 1. The van der Waals surface area contributed by atoms with Crippen LogP contribution in [0.25, 0.3) is 0 Å². The van der Waals surface area contributed by atoms with Crippen LogP contribution >= 0.6 is 0 Å². The molecule has 1 heterocycles. The van der Waals surface area contributed by atoms with Crippen LogP contribution in [0.5, 0.6) is 0 Å².